The van der Waals surface area contributed by atoms with Gasteiger partial charge in [0.15, 0.2) is 5.69 Å². The maximum absolute atomic E-state index is 9.00. The highest BCUT2D eigenvalue weighted by atomic mass is 35.5. The lowest BCUT2D eigenvalue weighted by atomic mass is 10.1. The van der Waals surface area contributed by atoms with E-state index in [9.17, 15) is 0 Å². The molecule has 2 aromatic rings. The summed E-state index contributed by atoms with van der Waals surface area (Å²) in [6.45, 7) is 0.160. The molecule has 7 heteroatoms. The van der Waals surface area contributed by atoms with Gasteiger partial charge in [-0.25, -0.2) is 4.68 Å². The average Bonchev–Trinajstić information content (AvgIpc) is 2.76. The van der Waals surface area contributed by atoms with E-state index >= 15 is 0 Å². The minimum atomic E-state index is -0.0947. The summed E-state index contributed by atoms with van der Waals surface area (Å²) in [5.74, 6) is 0. The lowest BCUT2D eigenvalue weighted by molar-refractivity contribution is 0.269. The van der Waals surface area contributed by atoms with Crippen LogP contribution < -0.4 is 0 Å². The summed E-state index contributed by atoms with van der Waals surface area (Å²) in [7, 11) is 0. The van der Waals surface area contributed by atoms with Gasteiger partial charge in [-0.15, -0.1) is 5.10 Å². The molecule has 92 valence electrons. The summed E-state index contributed by atoms with van der Waals surface area (Å²) in [4.78, 5) is 0. The molecule has 0 unspecified atom stereocenters. The molecule has 0 aliphatic carbocycles. The van der Waals surface area contributed by atoms with Crippen molar-refractivity contribution in [3.8, 4) is 17.3 Å². The van der Waals surface area contributed by atoms with Gasteiger partial charge in [0.1, 0.15) is 11.8 Å². The van der Waals surface area contributed by atoms with E-state index in [1.54, 1.807) is 18.2 Å². The van der Waals surface area contributed by atoms with Crippen molar-refractivity contribution in [1.82, 2.24) is 15.0 Å². The van der Waals surface area contributed by atoms with E-state index in [1.165, 1.54) is 4.68 Å². The molecule has 5 nitrogen and oxygen atoms in total. The van der Waals surface area contributed by atoms with Gasteiger partial charge < -0.3 is 5.11 Å². The van der Waals surface area contributed by atoms with Crippen molar-refractivity contribution in [3.05, 3.63) is 33.9 Å². The number of benzene rings is 1. The quantitative estimate of drug-likeness (QED) is 0.936. The Morgan fingerprint density at radius 2 is 2.11 bits per heavy atom. The Morgan fingerprint density at radius 1 is 1.33 bits per heavy atom. The zero-order valence-corrected chi connectivity index (χ0v) is 10.7. The second-order valence-electron chi connectivity index (χ2n) is 3.47. The van der Waals surface area contributed by atoms with Crippen LogP contribution in [0.1, 0.15) is 5.69 Å². The molecule has 18 heavy (non-hydrogen) atoms. The first-order chi connectivity index (χ1) is 8.67. The summed E-state index contributed by atoms with van der Waals surface area (Å²) in [6, 6.07) is 6.95. The van der Waals surface area contributed by atoms with Crippen molar-refractivity contribution in [2.45, 2.75) is 6.54 Å². The van der Waals surface area contributed by atoms with Gasteiger partial charge in [0, 0.05) is 5.56 Å². The largest absolute Gasteiger partial charge is 0.394 e. The van der Waals surface area contributed by atoms with Crippen molar-refractivity contribution in [3.63, 3.8) is 0 Å². The molecule has 0 radical (unpaired) electrons. The van der Waals surface area contributed by atoms with E-state index in [-0.39, 0.29) is 18.8 Å². The number of aromatic nitrogens is 3. The number of hydrogen-bond acceptors (Lipinski definition) is 4. The number of halogens is 2. The van der Waals surface area contributed by atoms with Gasteiger partial charge in [-0.05, 0) is 12.1 Å². The van der Waals surface area contributed by atoms with E-state index in [0.29, 0.717) is 21.3 Å². The molecule has 2 rings (SSSR count). The first-order valence-electron chi connectivity index (χ1n) is 5.07. The Hall–Kier alpha value is -1.61. The second-order valence-corrected chi connectivity index (χ2v) is 4.29. The molecule has 0 fully saturated rings. The Morgan fingerprint density at radius 3 is 2.72 bits per heavy atom. The number of aliphatic hydroxyl groups excluding tert-OH is 1. The van der Waals surface area contributed by atoms with Crippen molar-refractivity contribution in [2.75, 3.05) is 6.61 Å². The molecule has 0 saturated heterocycles. The summed E-state index contributed by atoms with van der Waals surface area (Å²) in [5, 5.41) is 26.3. The van der Waals surface area contributed by atoms with Gasteiger partial charge >= 0.3 is 0 Å². The highest BCUT2D eigenvalue weighted by Crippen LogP contribution is 2.29. The maximum Gasteiger partial charge on any atom is 0.190 e. The normalized spacial score (nSPS) is 10.3. The number of hydrogen-bond donors (Lipinski definition) is 1. The number of nitriles is 1. The molecular weight excluding hydrogens is 275 g/mol. The van der Waals surface area contributed by atoms with Crippen LogP contribution in [0.25, 0.3) is 11.3 Å². The van der Waals surface area contributed by atoms with Crippen LogP contribution in [0.4, 0.5) is 0 Å². The van der Waals surface area contributed by atoms with Crippen LogP contribution in [0.3, 0.4) is 0 Å². The molecule has 0 aliphatic heterocycles. The van der Waals surface area contributed by atoms with Gasteiger partial charge in [-0.2, -0.15) is 5.26 Å². The van der Waals surface area contributed by atoms with Crippen LogP contribution in [-0.4, -0.2) is 26.7 Å². The zero-order chi connectivity index (χ0) is 13.1. The molecule has 0 atom stereocenters. The van der Waals surface area contributed by atoms with Crippen LogP contribution in [-0.2, 0) is 6.54 Å². The molecule has 0 amide bonds. The monoisotopic (exact) mass is 282 g/mol. The second kappa shape index (κ2) is 5.36. The van der Waals surface area contributed by atoms with Gasteiger partial charge in [0.05, 0.1) is 23.2 Å². The Balaban J connectivity index is 2.58. The van der Waals surface area contributed by atoms with Gasteiger partial charge in [0.2, 0.25) is 0 Å². The van der Waals surface area contributed by atoms with E-state index in [2.05, 4.69) is 10.3 Å². The van der Waals surface area contributed by atoms with E-state index < -0.39 is 0 Å². The van der Waals surface area contributed by atoms with Crippen molar-refractivity contribution >= 4 is 23.2 Å². The lowest BCUT2D eigenvalue weighted by Crippen LogP contribution is -2.06. The van der Waals surface area contributed by atoms with Crippen LogP contribution in [0.2, 0.25) is 10.0 Å². The highest BCUT2D eigenvalue weighted by Gasteiger charge is 2.15. The fourth-order valence-electron chi connectivity index (χ4n) is 1.57. The SMILES string of the molecule is N#Cc1nnn(CCO)c1-c1ccc(Cl)c(Cl)c1. The van der Waals surface area contributed by atoms with Crippen LogP contribution in [0, 0.1) is 11.3 Å². The fourth-order valence-corrected chi connectivity index (χ4v) is 1.87. The van der Waals surface area contributed by atoms with Crippen molar-refractivity contribution < 1.29 is 5.11 Å². The predicted molar refractivity (Wildman–Crippen MR) is 67.3 cm³/mol. The van der Waals surface area contributed by atoms with Crippen molar-refractivity contribution in [2.24, 2.45) is 0 Å². The molecule has 1 N–H and O–H groups in total. The minimum absolute atomic E-state index is 0.0947. The smallest absolute Gasteiger partial charge is 0.190 e. The van der Waals surface area contributed by atoms with Crippen LogP contribution in [0.5, 0.6) is 0 Å². The number of aliphatic hydroxyl groups is 1. The van der Waals surface area contributed by atoms with E-state index in [4.69, 9.17) is 33.6 Å². The molecule has 0 aliphatic rings. The van der Waals surface area contributed by atoms with Gasteiger partial charge in [-0.3, -0.25) is 0 Å². The van der Waals surface area contributed by atoms with E-state index in [0.717, 1.165) is 0 Å². The fraction of sp³-hybridized carbons (Fsp3) is 0.182. The molecule has 1 aromatic carbocycles. The Labute approximate surface area is 113 Å². The Bertz CT molecular complexity index is 618. The molecule has 0 spiro atoms. The lowest BCUT2D eigenvalue weighted by Gasteiger charge is -2.06. The predicted octanol–water partition coefficient (Wildman–Crippen LogP) is 2.12. The molecule has 0 saturated carbocycles. The topological polar surface area (TPSA) is 74.7 Å². The summed E-state index contributed by atoms with van der Waals surface area (Å²) in [5.41, 5.74) is 1.38. The molecular formula is C11H8Cl2N4O. The summed E-state index contributed by atoms with van der Waals surface area (Å²) < 4.78 is 1.46. The third kappa shape index (κ3) is 2.31. The third-order valence-corrected chi connectivity index (χ3v) is 3.08. The summed E-state index contributed by atoms with van der Waals surface area (Å²) in [6.07, 6.45) is 0. The van der Waals surface area contributed by atoms with Crippen molar-refractivity contribution in [1.29, 1.82) is 5.26 Å². The van der Waals surface area contributed by atoms with Crippen LogP contribution in [0.15, 0.2) is 18.2 Å². The van der Waals surface area contributed by atoms with E-state index in [1.807, 2.05) is 6.07 Å². The molecule has 1 aromatic heterocycles. The minimum Gasteiger partial charge on any atom is -0.394 e. The van der Waals surface area contributed by atoms with Gasteiger partial charge in [-0.1, -0.05) is 34.5 Å². The first kappa shape index (κ1) is 12.8. The standard InChI is InChI=1S/C11H8Cl2N4O/c12-8-2-1-7(5-9(8)13)11-10(6-14)15-16-17(11)3-4-18/h1-2,5,18H,3-4H2. The van der Waals surface area contributed by atoms with Gasteiger partial charge in [0.25, 0.3) is 0 Å². The third-order valence-electron chi connectivity index (χ3n) is 2.35. The molecule has 0 bridgehead atoms. The highest BCUT2D eigenvalue weighted by molar-refractivity contribution is 6.42. The Kier molecular flexibility index (Phi) is 3.82. The molecule has 1 heterocycles. The average molecular weight is 283 g/mol. The first-order valence-corrected chi connectivity index (χ1v) is 5.83. The number of rotatable bonds is 3. The van der Waals surface area contributed by atoms with Crippen LogP contribution >= 0.6 is 23.2 Å². The zero-order valence-electron chi connectivity index (χ0n) is 9.14. The number of nitrogens with zero attached hydrogens (tertiary/aromatic N) is 4. The maximum atomic E-state index is 9.00. The summed E-state index contributed by atoms with van der Waals surface area (Å²) >= 11 is 11.8.